The zero-order chi connectivity index (χ0) is 28.4. The molecule has 3 aromatic rings. The van der Waals surface area contributed by atoms with E-state index >= 15 is 0 Å². The van der Waals surface area contributed by atoms with Gasteiger partial charge in [-0.1, -0.05) is 66.2 Å². The molecule has 1 aliphatic heterocycles. The summed E-state index contributed by atoms with van der Waals surface area (Å²) in [7, 11) is 0. The molecule has 1 unspecified atom stereocenters. The molecule has 1 atom stereocenters. The lowest BCUT2D eigenvalue weighted by molar-refractivity contribution is -0.0262. The van der Waals surface area contributed by atoms with Gasteiger partial charge in [0.2, 0.25) is 0 Å². The molecule has 41 heavy (non-hydrogen) atoms. The predicted octanol–water partition coefficient (Wildman–Crippen LogP) is 5.63. The quantitative estimate of drug-likeness (QED) is 0.202. The highest BCUT2D eigenvalue weighted by molar-refractivity contribution is 6.30. The SMILES string of the molecule is Cl.O=C(NCCCO)NCC(CCCN1CCC(O)(c2ccc(Cl)cc2)CC1)(c1ccccc1)c1ccc(F)cc1. The molecule has 4 N–H and O–H groups in total. The van der Waals surface area contributed by atoms with E-state index in [1.165, 1.54) is 12.1 Å². The third-order valence-corrected chi connectivity index (χ3v) is 8.29. The summed E-state index contributed by atoms with van der Waals surface area (Å²) in [5.41, 5.74) is 1.47. The number of likely N-dealkylation sites (tertiary alicyclic amines) is 1. The van der Waals surface area contributed by atoms with Gasteiger partial charge in [-0.2, -0.15) is 0 Å². The van der Waals surface area contributed by atoms with Crippen molar-refractivity contribution in [2.24, 2.45) is 0 Å². The molecule has 0 bridgehead atoms. The zero-order valence-corrected chi connectivity index (χ0v) is 24.8. The Kier molecular flexibility index (Phi) is 12.4. The summed E-state index contributed by atoms with van der Waals surface area (Å²) < 4.78 is 13.9. The summed E-state index contributed by atoms with van der Waals surface area (Å²) in [5.74, 6) is -0.304. The standard InChI is InChI=1S/C32H39ClFN3O3.ClH/c33-28-12-8-27(9-13-28)32(40)17-21-37(22-18-32)20-4-16-31(25-6-2-1-3-7-25,26-10-14-29(34)15-11-26)24-36-30(39)35-19-5-23-38;/h1-3,6-15,38,40H,4-5,16-24H2,(H2,35,36,39);1H. The van der Waals surface area contributed by atoms with E-state index in [1.54, 1.807) is 12.1 Å². The van der Waals surface area contributed by atoms with Crippen LogP contribution in [0, 0.1) is 5.82 Å². The van der Waals surface area contributed by atoms with Crippen LogP contribution in [-0.2, 0) is 11.0 Å². The smallest absolute Gasteiger partial charge is 0.314 e. The third-order valence-electron chi connectivity index (χ3n) is 8.04. The van der Waals surface area contributed by atoms with Gasteiger partial charge in [-0.05, 0) is 79.6 Å². The molecule has 0 aromatic heterocycles. The van der Waals surface area contributed by atoms with Crippen LogP contribution in [-0.4, -0.2) is 60.5 Å². The molecule has 9 heteroatoms. The molecule has 0 radical (unpaired) electrons. The molecule has 3 aromatic carbocycles. The van der Waals surface area contributed by atoms with Crippen LogP contribution in [0.2, 0.25) is 5.02 Å². The van der Waals surface area contributed by atoms with Gasteiger partial charge in [-0.15, -0.1) is 12.4 Å². The Morgan fingerprint density at radius 2 is 1.56 bits per heavy atom. The number of aliphatic hydroxyl groups is 2. The van der Waals surface area contributed by atoms with Gasteiger partial charge < -0.3 is 25.7 Å². The van der Waals surface area contributed by atoms with Gasteiger partial charge in [0.15, 0.2) is 0 Å². The highest BCUT2D eigenvalue weighted by atomic mass is 35.5. The molecule has 2 amide bonds. The molecule has 0 aliphatic carbocycles. The molecule has 0 saturated carbocycles. The average Bonchev–Trinajstić information content (AvgIpc) is 2.97. The van der Waals surface area contributed by atoms with Crippen LogP contribution < -0.4 is 10.6 Å². The molecule has 1 aliphatic rings. The minimum absolute atomic E-state index is 0. The van der Waals surface area contributed by atoms with Crippen LogP contribution in [0.1, 0.15) is 48.8 Å². The Morgan fingerprint density at radius 1 is 0.927 bits per heavy atom. The molecule has 6 nitrogen and oxygen atoms in total. The molecular weight excluding hydrogens is 564 g/mol. The van der Waals surface area contributed by atoms with Crippen molar-refractivity contribution >= 4 is 30.0 Å². The van der Waals surface area contributed by atoms with Crippen LogP contribution >= 0.6 is 24.0 Å². The summed E-state index contributed by atoms with van der Waals surface area (Å²) >= 11 is 6.03. The van der Waals surface area contributed by atoms with E-state index in [0.29, 0.717) is 37.4 Å². The van der Waals surface area contributed by atoms with Crippen molar-refractivity contribution in [3.05, 3.63) is 106 Å². The number of hydrogen-bond donors (Lipinski definition) is 4. The normalized spacial score (nSPS) is 16.3. The largest absolute Gasteiger partial charge is 0.396 e. The first-order chi connectivity index (χ1) is 19.3. The Labute approximate surface area is 253 Å². The van der Waals surface area contributed by atoms with Crippen LogP contribution in [0.25, 0.3) is 0 Å². The summed E-state index contributed by atoms with van der Waals surface area (Å²) in [6.45, 7) is 3.13. The Hall–Kier alpha value is -2.68. The van der Waals surface area contributed by atoms with Gasteiger partial charge in [0.1, 0.15) is 5.82 Å². The van der Waals surface area contributed by atoms with Crippen molar-refractivity contribution in [1.82, 2.24) is 15.5 Å². The average molecular weight is 605 g/mol. The minimum atomic E-state index is -0.851. The first kappa shape index (κ1) is 32.8. The number of urea groups is 1. The van der Waals surface area contributed by atoms with Crippen molar-refractivity contribution in [2.75, 3.05) is 39.3 Å². The lowest BCUT2D eigenvalue weighted by Gasteiger charge is -2.40. The number of nitrogens with zero attached hydrogens (tertiary/aromatic N) is 1. The van der Waals surface area contributed by atoms with Crippen molar-refractivity contribution in [2.45, 2.75) is 43.1 Å². The van der Waals surface area contributed by atoms with E-state index in [0.717, 1.165) is 49.2 Å². The van der Waals surface area contributed by atoms with Gasteiger partial charge in [-0.3, -0.25) is 0 Å². The number of rotatable bonds is 12. The van der Waals surface area contributed by atoms with Gasteiger partial charge in [0.05, 0.1) is 5.60 Å². The van der Waals surface area contributed by atoms with Crippen LogP contribution in [0.4, 0.5) is 9.18 Å². The lowest BCUT2D eigenvalue weighted by atomic mass is 9.71. The third kappa shape index (κ3) is 8.66. The number of benzene rings is 3. The second-order valence-electron chi connectivity index (χ2n) is 10.6. The number of nitrogens with one attached hydrogen (secondary N) is 2. The Morgan fingerprint density at radius 3 is 2.20 bits per heavy atom. The molecular formula is C32H40Cl2FN3O3. The van der Waals surface area contributed by atoms with Crippen LogP contribution in [0.5, 0.6) is 0 Å². The first-order valence-corrected chi connectivity index (χ1v) is 14.4. The summed E-state index contributed by atoms with van der Waals surface area (Å²) in [5, 5.41) is 26.8. The summed E-state index contributed by atoms with van der Waals surface area (Å²) in [6, 6.07) is 23.7. The molecule has 222 valence electrons. The number of hydrogen-bond acceptors (Lipinski definition) is 4. The Balaban J connectivity index is 0.00000462. The fourth-order valence-electron chi connectivity index (χ4n) is 5.65. The van der Waals surface area contributed by atoms with Crippen molar-refractivity contribution < 1.29 is 19.4 Å². The highest BCUT2D eigenvalue weighted by Gasteiger charge is 2.36. The number of carbonyl (C=O) groups excluding carboxylic acids is 1. The van der Waals surface area contributed by atoms with Crippen molar-refractivity contribution in [1.29, 1.82) is 0 Å². The maximum Gasteiger partial charge on any atom is 0.314 e. The van der Waals surface area contributed by atoms with E-state index in [4.69, 9.17) is 16.7 Å². The van der Waals surface area contributed by atoms with E-state index in [1.807, 2.05) is 42.5 Å². The maximum atomic E-state index is 13.9. The number of piperidine rings is 1. The maximum absolute atomic E-state index is 13.9. The van der Waals surface area contributed by atoms with Crippen molar-refractivity contribution in [3.63, 3.8) is 0 Å². The number of halogens is 3. The van der Waals surface area contributed by atoms with Gasteiger partial charge >= 0.3 is 6.03 Å². The summed E-state index contributed by atoms with van der Waals surface area (Å²) in [4.78, 5) is 15.0. The molecule has 4 rings (SSSR count). The van der Waals surface area contributed by atoms with Gasteiger partial charge in [0, 0.05) is 43.2 Å². The lowest BCUT2D eigenvalue weighted by Crippen LogP contribution is -2.46. The van der Waals surface area contributed by atoms with E-state index in [-0.39, 0.29) is 30.9 Å². The van der Waals surface area contributed by atoms with E-state index in [2.05, 4.69) is 27.7 Å². The van der Waals surface area contributed by atoms with Crippen molar-refractivity contribution in [3.8, 4) is 0 Å². The highest BCUT2D eigenvalue weighted by Crippen LogP contribution is 2.38. The number of carbonyl (C=O) groups is 1. The first-order valence-electron chi connectivity index (χ1n) is 14.0. The molecule has 1 fully saturated rings. The fraction of sp³-hybridized carbons (Fsp3) is 0.406. The van der Waals surface area contributed by atoms with Crippen LogP contribution in [0.3, 0.4) is 0 Å². The molecule has 1 saturated heterocycles. The second kappa shape index (κ2) is 15.5. The van der Waals surface area contributed by atoms with E-state index in [9.17, 15) is 14.3 Å². The predicted molar refractivity (Wildman–Crippen MR) is 164 cm³/mol. The van der Waals surface area contributed by atoms with Crippen LogP contribution in [0.15, 0.2) is 78.9 Å². The van der Waals surface area contributed by atoms with Gasteiger partial charge in [0.25, 0.3) is 0 Å². The molecule has 1 heterocycles. The Bertz CT molecular complexity index is 1210. The van der Waals surface area contributed by atoms with Gasteiger partial charge in [-0.25, -0.2) is 9.18 Å². The second-order valence-corrected chi connectivity index (χ2v) is 11.1. The number of amides is 2. The minimum Gasteiger partial charge on any atom is -0.396 e. The van der Waals surface area contributed by atoms with E-state index < -0.39 is 11.0 Å². The topological polar surface area (TPSA) is 84.8 Å². The number of aliphatic hydroxyl groups excluding tert-OH is 1. The summed E-state index contributed by atoms with van der Waals surface area (Å²) in [6.07, 6.45) is 3.35. The zero-order valence-electron chi connectivity index (χ0n) is 23.2. The fourth-order valence-corrected chi connectivity index (χ4v) is 5.77. The monoisotopic (exact) mass is 603 g/mol. The molecule has 0 spiro atoms.